The summed E-state index contributed by atoms with van der Waals surface area (Å²) in [6.45, 7) is 2.12. The highest BCUT2D eigenvalue weighted by Crippen LogP contribution is 1.68. The molecule has 0 rings (SSSR count). The van der Waals surface area contributed by atoms with Crippen LogP contribution >= 0.6 is 0 Å². The highest BCUT2D eigenvalue weighted by Gasteiger charge is 2.01. The number of hydrogen-bond donors (Lipinski definition) is 0. The fourth-order valence-electron chi connectivity index (χ4n) is 1.63. The topological polar surface area (TPSA) is 0 Å². The molecule has 0 nitrogen and oxygen atoms in total. The fourth-order valence-corrected chi connectivity index (χ4v) is 1.63. The third-order valence-corrected chi connectivity index (χ3v) is 2.93. The van der Waals surface area contributed by atoms with E-state index in [9.17, 15) is 0 Å². The highest BCUT2D eigenvalue weighted by molar-refractivity contribution is 7.76. The first-order valence-corrected chi connectivity index (χ1v) is 9.45. The van der Waals surface area contributed by atoms with Crippen molar-refractivity contribution < 1.29 is 0 Å². The van der Waals surface area contributed by atoms with Gasteiger partial charge in [-0.05, 0) is 0 Å². The molecule has 27 radical (unpaired) electrons. The van der Waals surface area contributed by atoms with E-state index in [-0.39, 0.29) is 0 Å². The van der Waals surface area contributed by atoms with Gasteiger partial charge in [-0.2, -0.15) is 0 Å². The maximum absolute atomic E-state index is 5.22. The zero-order valence-corrected chi connectivity index (χ0v) is 16.7. The lowest BCUT2D eigenvalue weighted by Crippen LogP contribution is -2.37. The first-order chi connectivity index (χ1) is 13.9. The van der Waals surface area contributed by atoms with Crippen molar-refractivity contribution in [1.82, 2.24) is 0 Å². The maximum Gasteiger partial charge on any atom is 0.0541 e. The molecule has 0 aliphatic rings. The Kier molecular flexibility index (Phi) is 30.4. The summed E-state index contributed by atoms with van der Waals surface area (Å²) in [5, 5.41) is 0. The molecule has 0 fully saturated rings. The summed E-state index contributed by atoms with van der Waals surface area (Å²) in [6.07, 6.45) is 1.07. The third-order valence-electron chi connectivity index (χ3n) is 2.93. The van der Waals surface area contributed by atoms with Crippen molar-refractivity contribution in [3.63, 3.8) is 0 Å². The molecule has 0 aromatic carbocycles. The minimum atomic E-state index is 1.07. The van der Waals surface area contributed by atoms with Crippen LogP contribution in [0.4, 0.5) is 0 Å². The lowest BCUT2D eigenvalue weighted by Gasteiger charge is -1.99. The maximum atomic E-state index is 5.22. The van der Waals surface area contributed by atoms with Gasteiger partial charge in [0.15, 0.2) is 0 Å². The summed E-state index contributed by atoms with van der Waals surface area (Å²) in [5.41, 5.74) is 0. The lowest BCUT2D eigenvalue weighted by atomic mass is 8.83. The van der Waals surface area contributed by atoms with Crippen LogP contribution in [0.5, 0.6) is 0 Å². The van der Waals surface area contributed by atoms with Crippen LogP contribution in [0, 0.1) is 0 Å². The Morgan fingerprint density at radius 2 is 0.571 bits per heavy atom. The predicted octanol–water partition coefficient (Wildman–Crippen LogP) is -8.93. The zero-order chi connectivity index (χ0) is 20.4. The van der Waals surface area contributed by atoms with Crippen LogP contribution in [0.15, 0.2) is 0 Å². The molecular weight excluding hydrogens is 305 g/mol. The molecule has 0 saturated heterocycles. The SMILES string of the molecule is [B][B][B][B][B][B][B][B][B][B][B][B][B][B][B][B][B][B][B][B][B][B][B][B][B][B]CC. The van der Waals surface area contributed by atoms with Gasteiger partial charge in [-0.1, -0.05) is 13.2 Å². The van der Waals surface area contributed by atoms with Gasteiger partial charge in [-0.15, -0.1) is 0 Å². The largest absolute Gasteiger partial charge is 0.0923 e. The molecule has 0 heterocycles. The summed E-state index contributed by atoms with van der Waals surface area (Å²) >= 11 is 0. The fraction of sp³-hybridized carbons (Fsp3) is 1.00. The lowest BCUT2D eigenvalue weighted by molar-refractivity contribution is 1.47. The normalized spacial score (nSPS) is 7.75. The van der Waals surface area contributed by atoms with Crippen LogP contribution in [0.1, 0.15) is 6.92 Å². The summed E-state index contributed by atoms with van der Waals surface area (Å²) in [5.74, 6) is 0. The van der Waals surface area contributed by atoms with E-state index in [2.05, 4.69) is 21.2 Å². The van der Waals surface area contributed by atoms with Crippen molar-refractivity contribution in [2.45, 2.75) is 13.2 Å². The Bertz CT molecular complexity index is 229. The Balaban J connectivity index is 2.96. The average molecular weight is 310 g/mol. The van der Waals surface area contributed by atoms with E-state index in [1.807, 2.05) is 148 Å². The molecular formula is C2H5B26. The molecule has 0 spiro atoms. The van der Waals surface area contributed by atoms with Crippen molar-refractivity contribution in [2.75, 3.05) is 0 Å². The molecule has 0 aliphatic carbocycles. The molecule has 0 aromatic rings. The van der Waals surface area contributed by atoms with E-state index >= 15 is 0 Å². The van der Waals surface area contributed by atoms with E-state index in [0.29, 0.717) is 0 Å². The summed E-state index contributed by atoms with van der Waals surface area (Å²) in [6, 6.07) is 0. The van der Waals surface area contributed by atoms with Gasteiger partial charge >= 0.3 is 0 Å². The minimum Gasteiger partial charge on any atom is -0.0923 e. The molecule has 26 heteroatoms. The summed E-state index contributed by atoms with van der Waals surface area (Å²) in [7, 11) is 54.3. The second-order valence-electron chi connectivity index (χ2n) is 5.26. The summed E-state index contributed by atoms with van der Waals surface area (Å²) < 4.78 is 0. The molecule has 28 heavy (non-hydrogen) atoms. The molecule has 91 valence electrons. The van der Waals surface area contributed by atoms with Crippen molar-refractivity contribution in [3.8, 4) is 0 Å². The monoisotopic (exact) mass is 315 g/mol. The van der Waals surface area contributed by atoms with E-state index < -0.39 is 0 Å². The smallest absolute Gasteiger partial charge is 0.0541 e. The van der Waals surface area contributed by atoms with Gasteiger partial charge in [0.2, 0.25) is 0 Å². The van der Waals surface area contributed by atoms with Gasteiger partial charge in [0.25, 0.3) is 0 Å². The van der Waals surface area contributed by atoms with Gasteiger partial charge in [0, 0.05) is 177 Å². The molecule has 0 unspecified atom stereocenters. The molecule has 0 saturated carbocycles. The first-order valence-electron chi connectivity index (χ1n) is 9.45. The number of hydrogen-bond acceptors (Lipinski definition) is 0. The van der Waals surface area contributed by atoms with Gasteiger partial charge in [-0.3, -0.25) is 0 Å². The summed E-state index contributed by atoms with van der Waals surface area (Å²) in [4.78, 5) is 0. The second-order valence-corrected chi connectivity index (χ2v) is 5.26. The van der Waals surface area contributed by atoms with Crippen molar-refractivity contribution >= 4 is 184 Å². The van der Waals surface area contributed by atoms with Crippen LogP contribution in [-0.2, 0) is 0 Å². The predicted molar refractivity (Wildman–Crippen MR) is 160 cm³/mol. The zero-order valence-electron chi connectivity index (χ0n) is 16.7. The van der Waals surface area contributed by atoms with Crippen LogP contribution in [0.3, 0.4) is 0 Å². The van der Waals surface area contributed by atoms with Crippen LogP contribution in [0.2, 0.25) is 6.32 Å². The van der Waals surface area contributed by atoms with Crippen molar-refractivity contribution in [3.05, 3.63) is 0 Å². The quantitative estimate of drug-likeness (QED) is 0.116. The van der Waals surface area contributed by atoms with Crippen LogP contribution in [-0.4, -0.2) is 184 Å². The minimum absolute atomic E-state index is 1.07. The Morgan fingerprint density at radius 1 is 0.357 bits per heavy atom. The highest BCUT2D eigenvalue weighted by atomic mass is 13.3. The van der Waals surface area contributed by atoms with E-state index in [4.69, 9.17) is 7.74 Å². The van der Waals surface area contributed by atoms with E-state index in [0.717, 1.165) is 6.32 Å². The molecule has 0 aliphatic heterocycles. The Hall–Kier alpha value is 1.69. The van der Waals surface area contributed by atoms with E-state index in [1.54, 1.807) is 7.06 Å². The van der Waals surface area contributed by atoms with Crippen molar-refractivity contribution in [2.24, 2.45) is 0 Å². The second kappa shape index (κ2) is 28.7. The van der Waals surface area contributed by atoms with Gasteiger partial charge in [0.1, 0.15) is 0 Å². The molecule has 0 aromatic heterocycles. The van der Waals surface area contributed by atoms with Gasteiger partial charge in [-0.25, -0.2) is 0 Å². The molecule has 0 atom stereocenters. The third kappa shape index (κ3) is 27.7. The van der Waals surface area contributed by atoms with Gasteiger partial charge in [0.05, 0.1) is 7.17 Å². The Labute approximate surface area is 197 Å². The van der Waals surface area contributed by atoms with Gasteiger partial charge < -0.3 is 0 Å². The number of rotatable bonds is 25. The molecule has 0 amide bonds. The van der Waals surface area contributed by atoms with E-state index in [1.165, 1.54) is 7.06 Å². The average Bonchev–Trinajstić information content (AvgIpc) is 2.71. The molecule has 0 bridgehead atoms. The Morgan fingerprint density at radius 3 is 0.786 bits per heavy atom. The van der Waals surface area contributed by atoms with Crippen LogP contribution < -0.4 is 0 Å². The molecule has 0 N–H and O–H groups in total. The first kappa shape index (κ1) is 29.7. The van der Waals surface area contributed by atoms with Crippen molar-refractivity contribution in [1.29, 1.82) is 0 Å². The standard InChI is InChI=1S/C2H5B26/c1-2-4-6-8-10-12-14-16-18-20-22-24-26-28-27-25-23-21-19-17-15-13-11-9-7-5-3/h2H2,1H3. The van der Waals surface area contributed by atoms with Crippen LogP contribution in [0.25, 0.3) is 0 Å².